The van der Waals surface area contributed by atoms with Gasteiger partial charge in [-0.1, -0.05) is 19.1 Å². The monoisotopic (exact) mass is 350 g/mol. The standard InChI is InChI=1S/C21H22N2O3/c1-3-15-5-4-6-19(11-15)23-13-17(12-20(23)25)21(26)22-18-9-7-16(8-10-18)14(2)24/h4-11,17H,3,12-13H2,1-2H3,(H,22,26). The van der Waals surface area contributed by atoms with Gasteiger partial charge >= 0.3 is 0 Å². The van der Waals surface area contributed by atoms with Gasteiger partial charge in [-0.2, -0.15) is 0 Å². The van der Waals surface area contributed by atoms with Crippen molar-refractivity contribution in [1.29, 1.82) is 0 Å². The van der Waals surface area contributed by atoms with Gasteiger partial charge in [0.25, 0.3) is 0 Å². The van der Waals surface area contributed by atoms with Crippen molar-refractivity contribution in [3.63, 3.8) is 0 Å². The van der Waals surface area contributed by atoms with Gasteiger partial charge in [-0.15, -0.1) is 0 Å². The highest BCUT2D eigenvalue weighted by Gasteiger charge is 2.35. The zero-order valence-electron chi connectivity index (χ0n) is 15.0. The van der Waals surface area contributed by atoms with E-state index in [1.807, 2.05) is 24.3 Å². The fourth-order valence-electron chi connectivity index (χ4n) is 3.11. The van der Waals surface area contributed by atoms with Crippen molar-refractivity contribution in [3.05, 3.63) is 59.7 Å². The van der Waals surface area contributed by atoms with Crippen molar-refractivity contribution < 1.29 is 14.4 Å². The van der Waals surface area contributed by atoms with Crippen LogP contribution in [0.1, 0.15) is 36.2 Å². The molecule has 0 saturated carbocycles. The van der Waals surface area contributed by atoms with E-state index in [1.54, 1.807) is 29.2 Å². The van der Waals surface area contributed by atoms with Crippen LogP contribution in [-0.2, 0) is 16.0 Å². The number of hydrogen-bond acceptors (Lipinski definition) is 3. The van der Waals surface area contributed by atoms with E-state index in [4.69, 9.17) is 0 Å². The van der Waals surface area contributed by atoms with E-state index in [2.05, 4.69) is 12.2 Å². The highest BCUT2D eigenvalue weighted by atomic mass is 16.2. The van der Waals surface area contributed by atoms with E-state index in [9.17, 15) is 14.4 Å². The van der Waals surface area contributed by atoms with Crippen molar-refractivity contribution in [2.45, 2.75) is 26.7 Å². The number of rotatable bonds is 5. The summed E-state index contributed by atoms with van der Waals surface area (Å²) in [5.41, 5.74) is 3.23. The molecule has 1 N–H and O–H groups in total. The van der Waals surface area contributed by atoms with Gasteiger partial charge in [-0.25, -0.2) is 0 Å². The van der Waals surface area contributed by atoms with Crippen LogP contribution in [0, 0.1) is 5.92 Å². The lowest BCUT2D eigenvalue weighted by atomic mass is 10.1. The third-order valence-electron chi connectivity index (χ3n) is 4.69. The Balaban J connectivity index is 1.67. The Hall–Kier alpha value is -2.95. The lowest BCUT2D eigenvalue weighted by molar-refractivity contribution is -0.122. The molecule has 5 heteroatoms. The molecular formula is C21H22N2O3. The Morgan fingerprint density at radius 1 is 1.15 bits per heavy atom. The topological polar surface area (TPSA) is 66.5 Å². The maximum absolute atomic E-state index is 12.5. The quantitative estimate of drug-likeness (QED) is 0.840. The predicted molar refractivity (Wildman–Crippen MR) is 101 cm³/mol. The molecule has 1 fully saturated rings. The summed E-state index contributed by atoms with van der Waals surface area (Å²) in [5.74, 6) is -0.622. The Bertz CT molecular complexity index is 843. The van der Waals surface area contributed by atoms with Crippen LogP contribution < -0.4 is 10.2 Å². The largest absolute Gasteiger partial charge is 0.326 e. The highest BCUT2D eigenvalue weighted by Crippen LogP contribution is 2.27. The first-order valence-corrected chi connectivity index (χ1v) is 8.79. The molecule has 0 spiro atoms. The third-order valence-corrected chi connectivity index (χ3v) is 4.69. The second-order valence-corrected chi connectivity index (χ2v) is 6.55. The summed E-state index contributed by atoms with van der Waals surface area (Å²) < 4.78 is 0. The van der Waals surface area contributed by atoms with E-state index in [-0.39, 0.29) is 29.9 Å². The number of anilines is 2. The minimum atomic E-state index is -0.389. The molecule has 5 nitrogen and oxygen atoms in total. The molecule has 1 unspecified atom stereocenters. The summed E-state index contributed by atoms with van der Waals surface area (Å²) in [4.78, 5) is 37.9. The van der Waals surface area contributed by atoms with Crippen LogP contribution in [0.15, 0.2) is 48.5 Å². The number of nitrogens with zero attached hydrogens (tertiary/aromatic N) is 1. The van der Waals surface area contributed by atoms with Crippen molar-refractivity contribution in [1.82, 2.24) is 0 Å². The molecule has 2 amide bonds. The third kappa shape index (κ3) is 3.82. The number of nitrogens with one attached hydrogen (secondary N) is 1. The number of aryl methyl sites for hydroxylation is 1. The van der Waals surface area contributed by atoms with Gasteiger partial charge in [0.15, 0.2) is 5.78 Å². The minimum absolute atomic E-state index is 0.0192. The van der Waals surface area contributed by atoms with E-state index in [0.717, 1.165) is 17.7 Å². The first-order valence-electron chi connectivity index (χ1n) is 8.79. The molecule has 26 heavy (non-hydrogen) atoms. The molecule has 3 rings (SSSR count). The van der Waals surface area contributed by atoms with Gasteiger partial charge in [0.2, 0.25) is 11.8 Å². The number of carbonyl (C=O) groups is 3. The van der Waals surface area contributed by atoms with Crippen molar-refractivity contribution in [2.24, 2.45) is 5.92 Å². The predicted octanol–water partition coefficient (Wildman–Crippen LogP) is 3.44. The smallest absolute Gasteiger partial charge is 0.229 e. The van der Waals surface area contributed by atoms with Gasteiger partial charge < -0.3 is 10.2 Å². The van der Waals surface area contributed by atoms with Crippen molar-refractivity contribution >= 4 is 29.0 Å². The Labute approximate surface area is 153 Å². The van der Waals surface area contributed by atoms with Crippen molar-refractivity contribution in [3.8, 4) is 0 Å². The molecule has 0 bridgehead atoms. The van der Waals surface area contributed by atoms with E-state index < -0.39 is 0 Å². The molecule has 1 aliphatic rings. The summed E-state index contributed by atoms with van der Waals surface area (Å²) in [5, 5.41) is 2.84. The average molecular weight is 350 g/mol. The second kappa shape index (κ2) is 7.52. The molecule has 1 atom stereocenters. The molecule has 1 saturated heterocycles. The first-order chi connectivity index (χ1) is 12.5. The number of ketones is 1. The normalized spacial score (nSPS) is 16.6. The summed E-state index contributed by atoms with van der Waals surface area (Å²) in [6, 6.07) is 14.6. The zero-order chi connectivity index (χ0) is 18.7. The van der Waals surface area contributed by atoms with Crippen LogP contribution >= 0.6 is 0 Å². The Morgan fingerprint density at radius 3 is 2.54 bits per heavy atom. The van der Waals surface area contributed by atoms with Gasteiger partial charge in [-0.05, 0) is 55.3 Å². The number of hydrogen-bond donors (Lipinski definition) is 1. The van der Waals surface area contributed by atoms with Crippen LogP contribution in [0.3, 0.4) is 0 Å². The molecule has 134 valence electrons. The molecule has 0 aliphatic carbocycles. The highest BCUT2D eigenvalue weighted by molar-refractivity contribution is 6.03. The van der Waals surface area contributed by atoms with Gasteiger partial charge in [0, 0.05) is 29.9 Å². The fraction of sp³-hybridized carbons (Fsp3) is 0.286. The van der Waals surface area contributed by atoms with Crippen LogP contribution in [0.25, 0.3) is 0 Å². The Morgan fingerprint density at radius 2 is 1.88 bits per heavy atom. The van der Waals surface area contributed by atoms with Crippen LogP contribution in [0.2, 0.25) is 0 Å². The maximum Gasteiger partial charge on any atom is 0.229 e. The molecule has 1 aliphatic heterocycles. The van der Waals surface area contributed by atoms with E-state index >= 15 is 0 Å². The lowest BCUT2D eigenvalue weighted by Gasteiger charge is -2.17. The second-order valence-electron chi connectivity index (χ2n) is 6.55. The number of Topliss-reactive ketones (excluding diaryl/α,β-unsaturated/α-hetero) is 1. The summed E-state index contributed by atoms with van der Waals surface area (Å²) >= 11 is 0. The summed E-state index contributed by atoms with van der Waals surface area (Å²) in [6.45, 7) is 3.95. The molecule has 1 heterocycles. The van der Waals surface area contributed by atoms with E-state index in [1.165, 1.54) is 6.92 Å². The molecule has 0 aromatic heterocycles. The van der Waals surface area contributed by atoms with Gasteiger partial charge in [0.1, 0.15) is 0 Å². The van der Waals surface area contributed by atoms with E-state index in [0.29, 0.717) is 17.8 Å². The Kier molecular flexibility index (Phi) is 5.16. The molecular weight excluding hydrogens is 328 g/mol. The minimum Gasteiger partial charge on any atom is -0.326 e. The zero-order valence-corrected chi connectivity index (χ0v) is 15.0. The molecule has 0 radical (unpaired) electrons. The first kappa shape index (κ1) is 17.9. The number of carbonyl (C=O) groups excluding carboxylic acids is 3. The van der Waals surface area contributed by atoms with Crippen molar-refractivity contribution in [2.75, 3.05) is 16.8 Å². The SMILES string of the molecule is CCc1cccc(N2CC(C(=O)Nc3ccc(C(C)=O)cc3)CC2=O)c1. The van der Waals surface area contributed by atoms with Gasteiger partial charge in [-0.3, -0.25) is 14.4 Å². The number of benzene rings is 2. The fourth-order valence-corrected chi connectivity index (χ4v) is 3.11. The summed E-state index contributed by atoms with van der Waals surface area (Å²) in [6.07, 6.45) is 1.10. The number of amides is 2. The molecule has 2 aromatic rings. The lowest BCUT2D eigenvalue weighted by Crippen LogP contribution is -2.28. The summed E-state index contributed by atoms with van der Waals surface area (Å²) in [7, 11) is 0. The maximum atomic E-state index is 12.5. The van der Waals surface area contributed by atoms with Gasteiger partial charge in [0.05, 0.1) is 5.92 Å². The van der Waals surface area contributed by atoms with Crippen LogP contribution in [0.4, 0.5) is 11.4 Å². The molecule has 2 aromatic carbocycles. The van der Waals surface area contributed by atoms with Crippen LogP contribution in [-0.4, -0.2) is 24.1 Å². The van der Waals surface area contributed by atoms with Crippen LogP contribution in [0.5, 0.6) is 0 Å². The average Bonchev–Trinajstić information content (AvgIpc) is 3.04.